The highest BCUT2D eigenvalue weighted by Crippen LogP contribution is 2.22. The third kappa shape index (κ3) is 2.90. The molecule has 0 unspecified atom stereocenters. The predicted octanol–water partition coefficient (Wildman–Crippen LogP) is 1.01. The average molecular weight is 217 g/mol. The molecule has 6 heteroatoms. The fourth-order valence-electron chi connectivity index (χ4n) is 1.07. The van der Waals surface area contributed by atoms with E-state index in [-0.39, 0.29) is 5.75 Å². The van der Waals surface area contributed by atoms with Crippen molar-refractivity contribution < 1.29 is 17.2 Å². The zero-order chi connectivity index (χ0) is 10.8. The van der Waals surface area contributed by atoms with Crippen LogP contribution in [0.3, 0.4) is 0 Å². The molecular weight excluding hydrogens is 206 g/mol. The highest BCUT2D eigenvalue weighted by Gasteiger charge is 2.10. The molecule has 5 nitrogen and oxygen atoms in total. The zero-order valence-electron chi connectivity index (χ0n) is 7.60. The Balaban J connectivity index is 3.09. The molecule has 0 bridgehead atoms. The van der Waals surface area contributed by atoms with Gasteiger partial charge in [0.05, 0.1) is 0 Å². The van der Waals surface area contributed by atoms with Crippen LogP contribution >= 0.6 is 0 Å². The summed E-state index contributed by atoms with van der Waals surface area (Å²) in [6, 6.07) is 4.50. The second kappa shape index (κ2) is 3.85. The minimum absolute atomic E-state index is 0.101. The Bertz CT molecular complexity index is 427. The summed E-state index contributed by atoms with van der Waals surface area (Å²) in [4.78, 5) is 0. The number of rotatable bonds is 3. The van der Waals surface area contributed by atoms with Crippen LogP contribution in [-0.2, 0) is 16.8 Å². The normalized spacial score (nSPS) is 11.3. The lowest BCUT2D eigenvalue weighted by molar-refractivity contribution is 0.385. The number of hydrogen-bond acceptors (Lipinski definition) is 4. The van der Waals surface area contributed by atoms with E-state index in [1.54, 1.807) is 6.07 Å². The van der Waals surface area contributed by atoms with Crippen molar-refractivity contribution in [1.82, 2.24) is 0 Å². The third-order valence-electron chi connectivity index (χ3n) is 1.66. The first kappa shape index (κ1) is 10.8. The van der Waals surface area contributed by atoms with Gasteiger partial charge >= 0.3 is 10.4 Å². The van der Waals surface area contributed by atoms with Gasteiger partial charge in [0.25, 0.3) is 0 Å². The molecule has 0 saturated carbocycles. The van der Waals surface area contributed by atoms with E-state index in [1.165, 1.54) is 12.1 Å². The van der Waals surface area contributed by atoms with Crippen molar-refractivity contribution in [2.45, 2.75) is 13.3 Å². The Kier molecular flexibility index (Phi) is 2.97. The quantitative estimate of drug-likeness (QED) is 0.582. The van der Waals surface area contributed by atoms with Crippen LogP contribution in [0.1, 0.15) is 12.5 Å². The topological polar surface area (TPSA) is 89.6 Å². The molecule has 0 atom stereocenters. The van der Waals surface area contributed by atoms with Gasteiger partial charge in [0, 0.05) is 5.69 Å². The maximum Gasteiger partial charge on any atom is 0.446 e. The Hall–Kier alpha value is -1.27. The molecule has 0 radical (unpaired) electrons. The van der Waals surface area contributed by atoms with Crippen LogP contribution < -0.4 is 9.92 Å². The monoisotopic (exact) mass is 217 g/mol. The molecule has 0 aliphatic rings. The Morgan fingerprint density at radius 2 is 2.14 bits per heavy atom. The second-order valence-corrected chi connectivity index (χ2v) is 3.75. The lowest BCUT2D eigenvalue weighted by Gasteiger charge is -2.07. The summed E-state index contributed by atoms with van der Waals surface area (Å²) in [6.45, 7) is 1.83. The molecular formula is C8H11NO4S. The van der Waals surface area contributed by atoms with E-state index in [0.29, 0.717) is 17.7 Å². The SMILES string of the molecule is CCc1cc(N)ccc1OS(=O)(=O)O. The zero-order valence-corrected chi connectivity index (χ0v) is 8.41. The number of nitrogens with two attached hydrogens (primary N) is 1. The Morgan fingerprint density at radius 3 is 2.64 bits per heavy atom. The lowest BCUT2D eigenvalue weighted by Crippen LogP contribution is -2.08. The molecule has 0 aliphatic carbocycles. The summed E-state index contributed by atoms with van der Waals surface area (Å²) >= 11 is 0. The Labute approximate surface area is 82.5 Å². The average Bonchev–Trinajstić information content (AvgIpc) is 2.06. The van der Waals surface area contributed by atoms with Gasteiger partial charge < -0.3 is 9.92 Å². The van der Waals surface area contributed by atoms with Crippen LogP contribution in [-0.4, -0.2) is 13.0 Å². The second-order valence-electron chi connectivity index (χ2n) is 2.73. The van der Waals surface area contributed by atoms with E-state index < -0.39 is 10.4 Å². The van der Waals surface area contributed by atoms with Gasteiger partial charge in [0.1, 0.15) is 5.75 Å². The van der Waals surface area contributed by atoms with E-state index >= 15 is 0 Å². The molecule has 0 heterocycles. The van der Waals surface area contributed by atoms with Gasteiger partial charge in [-0.05, 0) is 30.2 Å². The highest BCUT2D eigenvalue weighted by molar-refractivity contribution is 7.81. The van der Waals surface area contributed by atoms with Crippen molar-refractivity contribution in [1.29, 1.82) is 0 Å². The number of anilines is 1. The fraction of sp³-hybridized carbons (Fsp3) is 0.250. The third-order valence-corrected chi connectivity index (χ3v) is 2.05. The van der Waals surface area contributed by atoms with Crippen molar-refractivity contribution in [3.05, 3.63) is 23.8 Å². The van der Waals surface area contributed by atoms with Gasteiger partial charge in [-0.2, -0.15) is 8.42 Å². The maximum atomic E-state index is 10.5. The molecule has 0 amide bonds. The van der Waals surface area contributed by atoms with Crippen LogP contribution in [0.2, 0.25) is 0 Å². The largest absolute Gasteiger partial charge is 0.446 e. The summed E-state index contributed by atoms with van der Waals surface area (Å²) in [6.07, 6.45) is 0.565. The van der Waals surface area contributed by atoms with E-state index in [9.17, 15) is 8.42 Å². The van der Waals surface area contributed by atoms with E-state index in [2.05, 4.69) is 4.18 Å². The molecule has 0 saturated heterocycles. The highest BCUT2D eigenvalue weighted by atomic mass is 32.3. The van der Waals surface area contributed by atoms with Crippen molar-refractivity contribution in [3.8, 4) is 5.75 Å². The fourth-order valence-corrected chi connectivity index (χ4v) is 1.46. The van der Waals surface area contributed by atoms with E-state index in [1.807, 2.05) is 6.92 Å². The maximum absolute atomic E-state index is 10.5. The molecule has 78 valence electrons. The van der Waals surface area contributed by atoms with Crippen LogP contribution in [0.15, 0.2) is 18.2 Å². The first-order valence-corrected chi connectivity index (χ1v) is 5.34. The number of aryl methyl sites for hydroxylation is 1. The molecule has 0 aromatic heterocycles. The van der Waals surface area contributed by atoms with Crippen LogP contribution in [0.4, 0.5) is 5.69 Å². The van der Waals surface area contributed by atoms with Gasteiger partial charge in [-0.1, -0.05) is 6.92 Å². The predicted molar refractivity (Wildman–Crippen MR) is 52.4 cm³/mol. The van der Waals surface area contributed by atoms with Gasteiger partial charge in [-0.25, -0.2) is 0 Å². The van der Waals surface area contributed by atoms with Gasteiger partial charge in [-0.3, -0.25) is 4.55 Å². The van der Waals surface area contributed by atoms with Crippen molar-refractivity contribution in [2.24, 2.45) is 0 Å². The summed E-state index contributed by atoms with van der Waals surface area (Å²) < 4.78 is 33.7. The van der Waals surface area contributed by atoms with Crippen LogP contribution in [0.25, 0.3) is 0 Å². The van der Waals surface area contributed by atoms with E-state index in [0.717, 1.165) is 0 Å². The summed E-state index contributed by atoms with van der Waals surface area (Å²) in [5, 5.41) is 0. The minimum atomic E-state index is -4.46. The van der Waals surface area contributed by atoms with Crippen LogP contribution in [0, 0.1) is 0 Å². The molecule has 0 spiro atoms. The molecule has 14 heavy (non-hydrogen) atoms. The number of benzene rings is 1. The summed E-state index contributed by atoms with van der Waals surface area (Å²) in [7, 11) is -4.46. The first-order valence-electron chi connectivity index (χ1n) is 3.97. The molecule has 3 N–H and O–H groups in total. The number of nitrogen functional groups attached to an aromatic ring is 1. The van der Waals surface area contributed by atoms with Gasteiger partial charge in [0.2, 0.25) is 0 Å². The van der Waals surface area contributed by atoms with Crippen LogP contribution in [0.5, 0.6) is 5.75 Å². The van der Waals surface area contributed by atoms with Gasteiger partial charge in [0.15, 0.2) is 0 Å². The first-order chi connectivity index (χ1) is 6.42. The van der Waals surface area contributed by atoms with E-state index in [4.69, 9.17) is 10.3 Å². The smallest absolute Gasteiger partial charge is 0.399 e. The molecule has 0 aliphatic heterocycles. The molecule has 0 fully saturated rings. The lowest BCUT2D eigenvalue weighted by atomic mass is 10.1. The van der Waals surface area contributed by atoms with Crippen molar-refractivity contribution in [3.63, 3.8) is 0 Å². The summed E-state index contributed by atoms with van der Waals surface area (Å²) in [5.41, 5.74) is 6.64. The molecule has 1 aromatic carbocycles. The standard InChI is InChI=1S/C8H11NO4S/c1-2-6-5-7(9)3-4-8(6)13-14(10,11)12/h3-5H,2,9H2,1H3,(H,10,11,12). The Morgan fingerprint density at radius 1 is 1.50 bits per heavy atom. The van der Waals surface area contributed by atoms with Crippen molar-refractivity contribution >= 4 is 16.1 Å². The number of hydrogen-bond donors (Lipinski definition) is 2. The minimum Gasteiger partial charge on any atom is -0.399 e. The molecule has 1 rings (SSSR count). The molecule has 1 aromatic rings. The summed E-state index contributed by atoms with van der Waals surface area (Å²) in [5.74, 6) is 0.101. The van der Waals surface area contributed by atoms with Crippen molar-refractivity contribution in [2.75, 3.05) is 5.73 Å². The van der Waals surface area contributed by atoms with Gasteiger partial charge in [-0.15, -0.1) is 0 Å².